The maximum Gasteiger partial charge on any atom is 0.0808 e. The number of nitrogens with zero attached hydrogens (tertiary/aromatic N) is 1. The molecule has 3 heteroatoms. The van der Waals surface area contributed by atoms with Gasteiger partial charge in [0.15, 0.2) is 0 Å². The summed E-state index contributed by atoms with van der Waals surface area (Å²) in [5.41, 5.74) is -0.159. The molecule has 13 heavy (non-hydrogen) atoms. The van der Waals surface area contributed by atoms with Gasteiger partial charge in [-0.05, 0) is 37.7 Å². The lowest BCUT2D eigenvalue weighted by molar-refractivity contribution is 0.0179. The first kappa shape index (κ1) is 10.9. The zero-order valence-corrected chi connectivity index (χ0v) is 9.03. The second kappa shape index (κ2) is 5.51. The van der Waals surface area contributed by atoms with Gasteiger partial charge in [0.25, 0.3) is 0 Å². The summed E-state index contributed by atoms with van der Waals surface area (Å²) < 4.78 is 5.38. The van der Waals surface area contributed by atoms with Crippen LogP contribution in [-0.2, 0) is 4.74 Å². The fourth-order valence-electron chi connectivity index (χ4n) is 1.75. The van der Waals surface area contributed by atoms with Crippen LogP contribution in [0.5, 0.6) is 0 Å². The van der Waals surface area contributed by atoms with Crippen molar-refractivity contribution in [3.8, 4) is 6.07 Å². The predicted molar refractivity (Wildman–Crippen MR) is 55.7 cm³/mol. The summed E-state index contributed by atoms with van der Waals surface area (Å²) in [7, 11) is 0. The van der Waals surface area contributed by atoms with Gasteiger partial charge in [0.05, 0.1) is 18.1 Å². The highest BCUT2D eigenvalue weighted by Crippen LogP contribution is 2.32. The number of hydrogen-bond acceptors (Lipinski definition) is 3. The maximum atomic E-state index is 9.10. The van der Waals surface area contributed by atoms with E-state index in [2.05, 4.69) is 12.3 Å². The summed E-state index contributed by atoms with van der Waals surface area (Å²) >= 11 is 1.85. The molecule has 1 fully saturated rings. The number of nitriles is 1. The molecule has 0 aromatic carbocycles. The van der Waals surface area contributed by atoms with E-state index in [9.17, 15) is 0 Å². The Labute approximate surface area is 84.6 Å². The number of hydrogen-bond donors (Lipinski definition) is 0. The Bertz CT molecular complexity index is 182. The van der Waals surface area contributed by atoms with Crippen LogP contribution in [0.2, 0.25) is 0 Å². The third-order valence-corrected chi connectivity index (χ3v) is 3.26. The standard InChI is InChI=1S/C10H17NOS/c1-13-7-3-5-10(8-11)4-2-6-12-9-10/h2-7,9H2,1H3. The van der Waals surface area contributed by atoms with Gasteiger partial charge in [0, 0.05) is 6.61 Å². The minimum Gasteiger partial charge on any atom is -0.380 e. The molecule has 0 saturated carbocycles. The lowest BCUT2D eigenvalue weighted by atomic mass is 9.80. The second-order valence-corrected chi connectivity index (χ2v) is 4.63. The average molecular weight is 199 g/mol. The number of ether oxygens (including phenoxy) is 1. The Kier molecular flexibility index (Phi) is 4.61. The van der Waals surface area contributed by atoms with E-state index < -0.39 is 0 Å². The van der Waals surface area contributed by atoms with Gasteiger partial charge < -0.3 is 4.74 Å². The van der Waals surface area contributed by atoms with E-state index in [4.69, 9.17) is 10.00 Å². The van der Waals surface area contributed by atoms with E-state index >= 15 is 0 Å². The fourth-order valence-corrected chi connectivity index (χ4v) is 2.18. The molecule has 0 radical (unpaired) electrons. The molecule has 0 spiro atoms. The van der Waals surface area contributed by atoms with Crippen LogP contribution in [0, 0.1) is 16.7 Å². The van der Waals surface area contributed by atoms with Gasteiger partial charge in [0.2, 0.25) is 0 Å². The topological polar surface area (TPSA) is 33.0 Å². The summed E-state index contributed by atoms with van der Waals surface area (Å²) in [4.78, 5) is 0. The third-order valence-electron chi connectivity index (χ3n) is 2.56. The fraction of sp³-hybridized carbons (Fsp3) is 0.900. The lowest BCUT2D eigenvalue weighted by Gasteiger charge is -2.30. The van der Waals surface area contributed by atoms with E-state index in [1.54, 1.807) is 0 Å². The number of rotatable bonds is 4. The largest absolute Gasteiger partial charge is 0.380 e. The van der Waals surface area contributed by atoms with Crippen LogP contribution in [0.4, 0.5) is 0 Å². The van der Waals surface area contributed by atoms with Gasteiger partial charge in [-0.2, -0.15) is 17.0 Å². The molecule has 0 N–H and O–H groups in total. The predicted octanol–water partition coefficient (Wildman–Crippen LogP) is 2.45. The Morgan fingerprint density at radius 1 is 1.62 bits per heavy atom. The SMILES string of the molecule is CSCCCC1(C#N)CCCOC1. The van der Waals surface area contributed by atoms with E-state index in [1.165, 1.54) is 0 Å². The van der Waals surface area contributed by atoms with Crippen molar-refractivity contribution in [3.05, 3.63) is 0 Å². The van der Waals surface area contributed by atoms with Crippen molar-refractivity contribution < 1.29 is 4.74 Å². The van der Waals surface area contributed by atoms with E-state index in [1.807, 2.05) is 11.8 Å². The Morgan fingerprint density at radius 2 is 2.46 bits per heavy atom. The molecule has 1 atom stereocenters. The smallest absolute Gasteiger partial charge is 0.0808 e. The quantitative estimate of drug-likeness (QED) is 0.652. The van der Waals surface area contributed by atoms with Crippen molar-refractivity contribution >= 4 is 11.8 Å². The number of thioether (sulfide) groups is 1. The summed E-state index contributed by atoms with van der Waals surface area (Å²) in [5, 5.41) is 9.10. The summed E-state index contributed by atoms with van der Waals surface area (Å²) in [5.74, 6) is 1.16. The van der Waals surface area contributed by atoms with E-state index in [0.29, 0.717) is 6.61 Å². The Balaban J connectivity index is 2.35. The van der Waals surface area contributed by atoms with Crippen LogP contribution in [0.1, 0.15) is 25.7 Å². The van der Waals surface area contributed by atoms with Crippen molar-refractivity contribution in [1.82, 2.24) is 0 Å². The molecule has 1 saturated heterocycles. The van der Waals surface area contributed by atoms with Crippen LogP contribution in [0.3, 0.4) is 0 Å². The molecule has 0 amide bonds. The molecule has 1 aliphatic heterocycles. The highest BCUT2D eigenvalue weighted by molar-refractivity contribution is 7.98. The molecule has 74 valence electrons. The van der Waals surface area contributed by atoms with E-state index in [0.717, 1.165) is 38.0 Å². The van der Waals surface area contributed by atoms with Gasteiger partial charge in [0.1, 0.15) is 0 Å². The second-order valence-electron chi connectivity index (χ2n) is 3.64. The highest BCUT2D eigenvalue weighted by atomic mass is 32.2. The molecular formula is C10H17NOS. The first-order chi connectivity index (χ1) is 6.33. The molecule has 1 rings (SSSR count). The molecule has 1 aliphatic rings. The molecule has 1 heterocycles. The maximum absolute atomic E-state index is 9.10. The first-order valence-corrected chi connectivity index (χ1v) is 6.20. The monoisotopic (exact) mass is 199 g/mol. The van der Waals surface area contributed by atoms with Gasteiger partial charge in [-0.3, -0.25) is 0 Å². The van der Waals surface area contributed by atoms with Crippen molar-refractivity contribution in [2.45, 2.75) is 25.7 Å². The molecule has 1 unspecified atom stereocenters. The summed E-state index contributed by atoms with van der Waals surface area (Å²) in [6.07, 6.45) is 6.32. The van der Waals surface area contributed by atoms with Crippen molar-refractivity contribution in [2.24, 2.45) is 5.41 Å². The van der Waals surface area contributed by atoms with Crippen LogP contribution >= 0.6 is 11.8 Å². The van der Waals surface area contributed by atoms with Crippen LogP contribution in [0.15, 0.2) is 0 Å². The van der Waals surface area contributed by atoms with Gasteiger partial charge in [-0.1, -0.05) is 0 Å². The lowest BCUT2D eigenvalue weighted by Crippen LogP contribution is -2.30. The minimum atomic E-state index is -0.159. The van der Waals surface area contributed by atoms with Gasteiger partial charge in [-0.15, -0.1) is 0 Å². The minimum absolute atomic E-state index is 0.159. The first-order valence-electron chi connectivity index (χ1n) is 4.81. The van der Waals surface area contributed by atoms with E-state index in [-0.39, 0.29) is 5.41 Å². The summed E-state index contributed by atoms with van der Waals surface area (Å²) in [6, 6.07) is 2.44. The molecule has 0 aromatic heterocycles. The molecule has 0 aromatic rings. The van der Waals surface area contributed by atoms with Crippen molar-refractivity contribution in [3.63, 3.8) is 0 Å². The van der Waals surface area contributed by atoms with Gasteiger partial charge in [-0.25, -0.2) is 0 Å². The highest BCUT2D eigenvalue weighted by Gasteiger charge is 2.32. The Morgan fingerprint density at radius 3 is 3.00 bits per heavy atom. The third kappa shape index (κ3) is 3.21. The summed E-state index contributed by atoms with van der Waals surface area (Å²) in [6.45, 7) is 1.49. The molecule has 0 aliphatic carbocycles. The van der Waals surface area contributed by atoms with Gasteiger partial charge >= 0.3 is 0 Å². The van der Waals surface area contributed by atoms with Crippen molar-refractivity contribution in [2.75, 3.05) is 25.2 Å². The Hall–Kier alpha value is -0.200. The zero-order chi connectivity index (χ0) is 9.57. The zero-order valence-electron chi connectivity index (χ0n) is 8.21. The average Bonchev–Trinajstić information content (AvgIpc) is 2.20. The molecular weight excluding hydrogens is 182 g/mol. The normalized spacial score (nSPS) is 28.3. The molecule has 0 bridgehead atoms. The van der Waals surface area contributed by atoms with Crippen LogP contribution < -0.4 is 0 Å². The van der Waals surface area contributed by atoms with Crippen molar-refractivity contribution in [1.29, 1.82) is 5.26 Å². The molecule has 2 nitrogen and oxygen atoms in total. The van der Waals surface area contributed by atoms with Crippen LogP contribution in [0.25, 0.3) is 0 Å². The van der Waals surface area contributed by atoms with Crippen LogP contribution in [-0.4, -0.2) is 25.2 Å².